The van der Waals surface area contributed by atoms with E-state index in [1.165, 1.54) is 0 Å². The number of thiazole rings is 1. The van der Waals surface area contributed by atoms with Gasteiger partial charge in [-0.1, -0.05) is 6.07 Å². The number of rotatable bonds is 7. The van der Waals surface area contributed by atoms with Crippen molar-refractivity contribution in [3.8, 4) is 5.75 Å². The molecule has 0 aliphatic carbocycles. The molecule has 114 valence electrons. The van der Waals surface area contributed by atoms with Crippen LogP contribution < -0.4 is 10.1 Å². The van der Waals surface area contributed by atoms with Crippen LogP contribution in [0.5, 0.6) is 5.75 Å². The summed E-state index contributed by atoms with van der Waals surface area (Å²) in [7, 11) is 0. The number of hydrogen-bond donors (Lipinski definition) is 2. The summed E-state index contributed by atoms with van der Waals surface area (Å²) >= 11 is 5.08. The molecule has 0 bridgehead atoms. The Morgan fingerprint density at radius 3 is 2.90 bits per heavy atom. The van der Waals surface area contributed by atoms with E-state index in [4.69, 9.17) is 4.74 Å². The number of aliphatic hydroxyl groups is 1. The Bertz CT molecular complexity index is 589. The third-order valence-electron chi connectivity index (χ3n) is 2.87. The van der Waals surface area contributed by atoms with Gasteiger partial charge in [-0.15, -0.1) is 11.3 Å². The molecule has 1 aromatic heterocycles. The molecule has 1 unspecified atom stereocenters. The monoisotopic (exact) mass is 370 g/mol. The van der Waals surface area contributed by atoms with E-state index in [9.17, 15) is 5.11 Å². The number of aliphatic hydroxyl groups excluding tert-OH is 1. The maximum absolute atomic E-state index is 9.92. The lowest BCUT2D eigenvalue weighted by atomic mass is 10.2. The van der Waals surface area contributed by atoms with Gasteiger partial charge in [-0.2, -0.15) is 0 Å². The highest BCUT2D eigenvalue weighted by atomic mass is 79.9. The lowest BCUT2D eigenvalue weighted by Gasteiger charge is -2.14. The molecule has 0 spiro atoms. The van der Waals surface area contributed by atoms with E-state index in [2.05, 4.69) is 26.2 Å². The van der Waals surface area contributed by atoms with Gasteiger partial charge in [0, 0.05) is 18.5 Å². The van der Waals surface area contributed by atoms with Crippen molar-refractivity contribution in [2.24, 2.45) is 0 Å². The summed E-state index contributed by atoms with van der Waals surface area (Å²) in [5.41, 5.74) is 2.17. The van der Waals surface area contributed by atoms with Crippen LogP contribution in [-0.2, 0) is 6.54 Å². The molecule has 0 amide bonds. The zero-order valence-electron chi connectivity index (χ0n) is 12.1. The molecular weight excluding hydrogens is 352 g/mol. The third kappa shape index (κ3) is 5.39. The van der Waals surface area contributed by atoms with Gasteiger partial charge in [-0.25, -0.2) is 4.98 Å². The fourth-order valence-corrected chi connectivity index (χ4v) is 3.04. The maximum Gasteiger partial charge on any atom is 0.133 e. The van der Waals surface area contributed by atoms with Gasteiger partial charge in [-0.3, -0.25) is 0 Å². The quantitative estimate of drug-likeness (QED) is 0.786. The molecule has 0 fully saturated rings. The second kappa shape index (κ2) is 7.89. The van der Waals surface area contributed by atoms with Crippen LogP contribution in [-0.4, -0.2) is 29.3 Å². The van der Waals surface area contributed by atoms with Crippen molar-refractivity contribution in [3.63, 3.8) is 0 Å². The zero-order chi connectivity index (χ0) is 15.2. The van der Waals surface area contributed by atoms with Gasteiger partial charge < -0.3 is 15.2 Å². The molecule has 0 aliphatic rings. The molecule has 0 aliphatic heterocycles. The number of nitrogens with one attached hydrogen (secondary N) is 1. The summed E-state index contributed by atoms with van der Waals surface area (Å²) < 4.78 is 6.51. The summed E-state index contributed by atoms with van der Waals surface area (Å²) in [4.78, 5) is 4.36. The zero-order valence-corrected chi connectivity index (χ0v) is 14.5. The third-order valence-corrected chi connectivity index (χ3v) is 4.31. The minimum absolute atomic E-state index is 0.255. The van der Waals surface area contributed by atoms with Crippen LogP contribution in [0, 0.1) is 13.8 Å². The molecule has 2 N–H and O–H groups in total. The average molecular weight is 371 g/mol. The van der Waals surface area contributed by atoms with Crippen LogP contribution >= 0.6 is 27.3 Å². The minimum Gasteiger partial charge on any atom is -0.490 e. The highest BCUT2D eigenvalue weighted by Gasteiger charge is 2.08. The number of aromatic nitrogens is 1. The first-order valence-electron chi connectivity index (χ1n) is 6.73. The smallest absolute Gasteiger partial charge is 0.133 e. The van der Waals surface area contributed by atoms with E-state index < -0.39 is 6.10 Å². The number of ether oxygens (including phenoxy) is 1. The van der Waals surface area contributed by atoms with Crippen molar-refractivity contribution in [1.82, 2.24) is 10.3 Å². The normalized spacial score (nSPS) is 12.4. The van der Waals surface area contributed by atoms with Crippen LogP contribution in [0.15, 0.2) is 28.1 Å². The Kier molecular flexibility index (Phi) is 6.17. The summed E-state index contributed by atoms with van der Waals surface area (Å²) in [6, 6.07) is 5.87. The van der Waals surface area contributed by atoms with Gasteiger partial charge in [0.2, 0.25) is 0 Å². The molecule has 0 saturated carbocycles. The van der Waals surface area contributed by atoms with Crippen LogP contribution in [0.2, 0.25) is 0 Å². The molecular formula is C15H19BrN2O2S. The molecule has 2 rings (SSSR count). The van der Waals surface area contributed by atoms with E-state index in [1.54, 1.807) is 11.3 Å². The molecule has 21 heavy (non-hydrogen) atoms. The molecule has 0 saturated heterocycles. The van der Waals surface area contributed by atoms with Gasteiger partial charge in [0.25, 0.3) is 0 Å². The first-order valence-corrected chi connectivity index (χ1v) is 8.40. The van der Waals surface area contributed by atoms with Crippen molar-refractivity contribution in [2.75, 3.05) is 13.2 Å². The molecule has 1 atom stereocenters. The summed E-state index contributed by atoms with van der Waals surface area (Å²) in [5.74, 6) is 0.745. The highest BCUT2D eigenvalue weighted by molar-refractivity contribution is 9.10. The van der Waals surface area contributed by atoms with Crippen LogP contribution in [0.3, 0.4) is 0 Å². The van der Waals surface area contributed by atoms with Crippen molar-refractivity contribution in [1.29, 1.82) is 0 Å². The Balaban J connectivity index is 1.70. The molecule has 0 radical (unpaired) electrons. The van der Waals surface area contributed by atoms with Gasteiger partial charge in [0.05, 0.1) is 15.2 Å². The maximum atomic E-state index is 9.92. The fraction of sp³-hybridized carbons (Fsp3) is 0.400. The van der Waals surface area contributed by atoms with Crippen molar-refractivity contribution >= 4 is 27.3 Å². The minimum atomic E-state index is -0.557. The van der Waals surface area contributed by atoms with Gasteiger partial charge in [0.15, 0.2) is 0 Å². The molecule has 6 heteroatoms. The van der Waals surface area contributed by atoms with Gasteiger partial charge in [0.1, 0.15) is 18.5 Å². The van der Waals surface area contributed by atoms with Crippen molar-refractivity contribution < 1.29 is 9.84 Å². The predicted octanol–water partition coefficient (Wildman–Crippen LogP) is 3.05. The second-order valence-corrected chi connectivity index (χ2v) is 6.80. The van der Waals surface area contributed by atoms with E-state index >= 15 is 0 Å². The highest BCUT2D eigenvalue weighted by Crippen LogP contribution is 2.25. The molecule has 1 heterocycles. The predicted molar refractivity (Wildman–Crippen MR) is 88.9 cm³/mol. The Morgan fingerprint density at radius 1 is 1.43 bits per heavy atom. The first-order chi connectivity index (χ1) is 10.0. The summed E-state index contributed by atoms with van der Waals surface area (Å²) in [5, 5.41) is 16.2. The topological polar surface area (TPSA) is 54.4 Å². The van der Waals surface area contributed by atoms with Crippen LogP contribution in [0.25, 0.3) is 0 Å². The first kappa shape index (κ1) is 16.4. The number of halogens is 1. The molecule has 1 aromatic carbocycles. The average Bonchev–Trinajstić information content (AvgIpc) is 2.83. The van der Waals surface area contributed by atoms with Gasteiger partial charge >= 0.3 is 0 Å². The Hall–Kier alpha value is -0.950. The summed E-state index contributed by atoms with van der Waals surface area (Å²) in [6.45, 7) is 5.39. The van der Waals surface area contributed by atoms with E-state index in [0.29, 0.717) is 13.1 Å². The second-order valence-electron chi connectivity index (χ2n) is 4.89. The number of benzene rings is 1. The van der Waals surface area contributed by atoms with Crippen molar-refractivity contribution in [3.05, 3.63) is 44.3 Å². The van der Waals surface area contributed by atoms with Crippen LogP contribution in [0.4, 0.5) is 0 Å². The number of aryl methyl sites for hydroxylation is 2. The Morgan fingerprint density at radius 2 is 2.24 bits per heavy atom. The Labute approximate surface area is 137 Å². The standard InChI is InChI=1S/C15H19BrN2O2S/c1-10-3-4-15(14(16)5-10)20-8-13(19)7-17-6-12-9-21-11(2)18-12/h3-5,9,13,17,19H,6-8H2,1-2H3. The largest absolute Gasteiger partial charge is 0.490 e. The SMILES string of the molecule is Cc1ccc(OCC(O)CNCc2csc(C)n2)c(Br)c1. The lowest BCUT2D eigenvalue weighted by Crippen LogP contribution is -2.31. The molecule has 2 aromatic rings. The number of nitrogens with zero attached hydrogens (tertiary/aromatic N) is 1. The van der Waals surface area contributed by atoms with E-state index in [0.717, 1.165) is 26.5 Å². The van der Waals surface area contributed by atoms with Gasteiger partial charge in [-0.05, 0) is 47.5 Å². The molecule has 4 nitrogen and oxygen atoms in total. The number of hydrogen-bond acceptors (Lipinski definition) is 5. The summed E-state index contributed by atoms with van der Waals surface area (Å²) in [6.07, 6.45) is -0.557. The lowest BCUT2D eigenvalue weighted by molar-refractivity contribution is 0.105. The van der Waals surface area contributed by atoms with Crippen LogP contribution in [0.1, 0.15) is 16.3 Å². The van der Waals surface area contributed by atoms with Crippen molar-refractivity contribution in [2.45, 2.75) is 26.5 Å². The van der Waals surface area contributed by atoms with E-state index in [-0.39, 0.29) is 6.61 Å². The van der Waals surface area contributed by atoms with E-state index in [1.807, 2.05) is 37.4 Å². The fourth-order valence-electron chi connectivity index (χ4n) is 1.82.